The zero-order chi connectivity index (χ0) is 15.5. The third-order valence-corrected chi connectivity index (χ3v) is 3.93. The van der Waals surface area contributed by atoms with E-state index < -0.39 is 9.84 Å². The molecule has 6 heteroatoms. The lowest BCUT2D eigenvalue weighted by molar-refractivity contribution is 0.475. The molecular formula is C15H16FNO3S. The van der Waals surface area contributed by atoms with Crippen molar-refractivity contribution in [3.63, 3.8) is 0 Å². The van der Waals surface area contributed by atoms with Gasteiger partial charge >= 0.3 is 0 Å². The van der Waals surface area contributed by atoms with Crippen LogP contribution in [0.5, 0.6) is 11.5 Å². The Kier molecular flexibility index (Phi) is 4.59. The van der Waals surface area contributed by atoms with Gasteiger partial charge in [0.05, 0.1) is 4.90 Å². The summed E-state index contributed by atoms with van der Waals surface area (Å²) in [5.41, 5.74) is 0.764. The van der Waals surface area contributed by atoms with Gasteiger partial charge in [-0.3, -0.25) is 0 Å². The van der Waals surface area contributed by atoms with Crippen molar-refractivity contribution in [3.8, 4) is 11.5 Å². The topological polar surface area (TPSA) is 55.4 Å². The highest BCUT2D eigenvalue weighted by Gasteiger charge is 2.07. The number of hydrogen-bond donors (Lipinski definition) is 1. The third kappa shape index (κ3) is 4.27. The zero-order valence-corrected chi connectivity index (χ0v) is 12.6. The van der Waals surface area contributed by atoms with Crippen molar-refractivity contribution in [2.75, 3.05) is 13.3 Å². The second-order valence-electron chi connectivity index (χ2n) is 4.67. The van der Waals surface area contributed by atoms with Crippen LogP contribution >= 0.6 is 0 Å². The smallest absolute Gasteiger partial charge is 0.175 e. The van der Waals surface area contributed by atoms with Gasteiger partial charge in [0.2, 0.25) is 0 Å². The van der Waals surface area contributed by atoms with Crippen molar-refractivity contribution in [1.29, 1.82) is 0 Å². The number of halogens is 1. The highest BCUT2D eigenvalue weighted by Crippen LogP contribution is 2.25. The van der Waals surface area contributed by atoms with Crippen LogP contribution in [-0.2, 0) is 16.4 Å². The van der Waals surface area contributed by atoms with Gasteiger partial charge < -0.3 is 10.1 Å². The maximum atomic E-state index is 13.5. The van der Waals surface area contributed by atoms with Gasteiger partial charge in [-0.05, 0) is 49.0 Å². The molecule has 0 radical (unpaired) electrons. The lowest BCUT2D eigenvalue weighted by atomic mass is 10.2. The van der Waals surface area contributed by atoms with E-state index in [1.807, 2.05) is 0 Å². The number of rotatable bonds is 5. The van der Waals surface area contributed by atoms with E-state index >= 15 is 0 Å². The summed E-state index contributed by atoms with van der Waals surface area (Å²) in [7, 11) is -1.46. The highest BCUT2D eigenvalue weighted by molar-refractivity contribution is 7.90. The molecule has 0 spiro atoms. The van der Waals surface area contributed by atoms with Crippen molar-refractivity contribution < 1.29 is 17.5 Å². The average molecular weight is 309 g/mol. The predicted molar refractivity (Wildman–Crippen MR) is 78.8 cm³/mol. The van der Waals surface area contributed by atoms with E-state index in [1.54, 1.807) is 25.2 Å². The molecule has 0 bridgehead atoms. The van der Waals surface area contributed by atoms with Crippen LogP contribution in [0.1, 0.15) is 5.56 Å². The van der Waals surface area contributed by atoms with Gasteiger partial charge in [-0.15, -0.1) is 0 Å². The molecule has 2 rings (SSSR count). The maximum absolute atomic E-state index is 13.5. The molecule has 0 atom stereocenters. The third-order valence-electron chi connectivity index (χ3n) is 2.80. The Bertz CT molecular complexity index is 727. The molecule has 0 aliphatic rings. The number of ether oxygens (including phenoxy) is 1. The summed E-state index contributed by atoms with van der Waals surface area (Å²) in [4.78, 5) is 0.213. The number of hydrogen-bond acceptors (Lipinski definition) is 4. The Hall–Kier alpha value is -1.92. The molecule has 0 saturated carbocycles. The summed E-state index contributed by atoms with van der Waals surface area (Å²) < 4.78 is 41.8. The van der Waals surface area contributed by atoms with Gasteiger partial charge in [0.25, 0.3) is 0 Å². The van der Waals surface area contributed by atoms with Crippen molar-refractivity contribution in [2.45, 2.75) is 11.4 Å². The second kappa shape index (κ2) is 6.24. The fraction of sp³-hybridized carbons (Fsp3) is 0.200. The maximum Gasteiger partial charge on any atom is 0.175 e. The van der Waals surface area contributed by atoms with E-state index in [1.165, 1.54) is 24.3 Å². The lowest BCUT2D eigenvalue weighted by Crippen LogP contribution is -2.05. The minimum absolute atomic E-state index is 0.213. The van der Waals surface area contributed by atoms with E-state index in [-0.39, 0.29) is 10.7 Å². The van der Waals surface area contributed by atoms with Crippen molar-refractivity contribution in [2.24, 2.45) is 0 Å². The van der Waals surface area contributed by atoms with E-state index in [4.69, 9.17) is 4.74 Å². The van der Waals surface area contributed by atoms with Crippen LogP contribution in [0.3, 0.4) is 0 Å². The molecule has 2 aromatic carbocycles. The molecule has 0 aliphatic carbocycles. The summed E-state index contributed by atoms with van der Waals surface area (Å²) >= 11 is 0. The first kappa shape index (κ1) is 15.5. The Morgan fingerprint density at radius 2 is 1.76 bits per heavy atom. The minimum Gasteiger partial charge on any atom is -0.457 e. The van der Waals surface area contributed by atoms with Crippen LogP contribution in [0.25, 0.3) is 0 Å². The molecule has 0 amide bonds. The second-order valence-corrected chi connectivity index (χ2v) is 6.69. The van der Waals surface area contributed by atoms with Crippen molar-refractivity contribution >= 4 is 9.84 Å². The number of nitrogens with one attached hydrogen (secondary N) is 1. The van der Waals surface area contributed by atoms with Gasteiger partial charge in [0.1, 0.15) is 17.3 Å². The fourth-order valence-electron chi connectivity index (χ4n) is 1.88. The summed E-state index contributed by atoms with van der Waals surface area (Å²) in [6.07, 6.45) is 1.14. The molecule has 0 saturated heterocycles. The number of benzene rings is 2. The van der Waals surface area contributed by atoms with E-state index in [0.29, 0.717) is 18.0 Å². The normalized spacial score (nSPS) is 11.4. The Labute approximate surface area is 123 Å². The van der Waals surface area contributed by atoms with Crippen molar-refractivity contribution in [3.05, 3.63) is 53.8 Å². The van der Waals surface area contributed by atoms with Crippen LogP contribution in [0, 0.1) is 5.82 Å². The molecule has 112 valence electrons. The average Bonchev–Trinajstić information content (AvgIpc) is 2.38. The number of sulfone groups is 1. The van der Waals surface area contributed by atoms with Crippen LogP contribution in [0.15, 0.2) is 47.4 Å². The molecule has 2 aromatic rings. The summed E-state index contributed by atoms with van der Waals surface area (Å²) in [6, 6.07) is 10.4. The predicted octanol–water partition coefficient (Wildman–Crippen LogP) is 2.74. The summed E-state index contributed by atoms with van der Waals surface area (Å²) in [5.74, 6) is 0.432. The first-order valence-electron chi connectivity index (χ1n) is 6.30. The summed E-state index contributed by atoms with van der Waals surface area (Å²) in [6.45, 7) is 0.529. The van der Waals surface area contributed by atoms with E-state index in [9.17, 15) is 12.8 Å². The van der Waals surface area contributed by atoms with E-state index in [0.717, 1.165) is 11.8 Å². The van der Waals surface area contributed by atoms with Gasteiger partial charge in [0, 0.05) is 18.9 Å². The first-order valence-corrected chi connectivity index (χ1v) is 8.19. The summed E-state index contributed by atoms with van der Waals surface area (Å²) in [5, 5.41) is 2.94. The van der Waals surface area contributed by atoms with Crippen LogP contribution in [0.4, 0.5) is 4.39 Å². The molecule has 0 unspecified atom stereocenters. The quantitative estimate of drug-likeness (QED) is 0.922. The Morgan fingerprint density at radius 1 is 1.10 bits per heavy atom. The van der Waals surface area contributed by atoms with Gasteiger partial charge in [-0.1, -0.05) is 0 Å². The van der Waals surface area contributed by atoms with Gasteiger partial charge in [-0.25, -0.2) is 12.8 Å². The highest BCUT2D eigenvalue weighted by atomic mass is 32.2. The first-order chi connectivity index (χ1) is 9.88. The van der Waals surface area contributed by atoms with Gasteiger partial charge in [-0.2, -0.15) is 0 Å². The van der Waals surface area contributed by atoms with E-state index in [2.05, 4.69) is 5.32 Å². The van der Waals surface area contributed by atoms with Crippen LogP contribution in [-0.4, -0.2) is 21.7 Å². The standard InChI is InChI=1S/C15H16FNO3S/c1-17-10-11-7-12(16)9-14(8-11)20-13-3-5-15(6-4-13)21(2,18)19/h3-9,17H,10H2,1-2H3. The molecule has 1 N–H and O–H groups in total. The monoisotopic (exact) mass is 309 g/mol. The molecule has 0 aromatic heterocycles. The minimum atomic E-state index is -3.24. The van der Waals surface area contributed by atoms with Crippen molar-refractivity contribution in [1.82, 2.24) is 5.32 Å². The SMILES string of the molecule is CNCc1cc(F)cc(Oc2ccc(S(C)(=O)=O)cc2)c1. The van der Waals surface area contributed by atoms with Gasteiger partial charge in [0.15, 0.2) is 9.84 Å². The largest absolute Gasteiger partial charge is 0.457 e. The lowest BCUT2D eigenvalue weighted by Gasteiger charge is -2.09. The van der Waals surface area contributed by atoms with Crippen LogP contribution < -0.4 is 10.1 Å². The molecule has 4 nitrogen and oxygen atoms in total. The molecule has 0 fully saturated rings. The Morgan fingerprint density at radius 3 is 2.33 bits per heavy atom. The van der Waals surface area contributed by atoms with Crippen LogP contribution in [0.2, 0.25) is 0 Å². The molecule has 0 aliphatic heterocycles. The molecular weight excluding hydrogens is 293 g/mol. The zero-order valence-electron chi connectivity index (χ0n) is 11.8. The fourth-order valence-corrected chi connectivity index (χ4v) is 2.51. The Balaban J connectivity index is 2.22. The molecule has 0 heterocycles. The molecule has 21 heavy (non-hydrogen) atoms.